The van der Waals surface area contributed by atoms with E-state index >= 15 is 0 Å². The minimum absolute atomic E-state index is 0.233. The quantitative estimate of drug-likeness (QED) is 0.833. The first kappa shape index (κ1) is 20.6. The monoisotopic (exact) mass is 397 g/mol. The Morgan fingerprint density at radius 1 is 1.10 bits per heavy atom. The lowest BCUT2D eigenvalue weighted by Crippen LogP contribution is -2.49. The first-order valence-electron chi connectivity index (χ1n) is 9.82. The lowest BCUT2D eigenvalue weighted by molar-refractivity contribution is 0.0945. The van der Waals surface area contributed by atoms with Crippen LogP contribution in [0.5, 0.6) is 0 Å². The van der Waals surface area contributed by atoms with Crippen molar-refractivity contribution in [3.63, 3.8) is 0 Å². The van der Waals surface area contributed by atoms with Crippen molar-refractivity contribution >= 4 is 17.9 Å². The van der Waals surface area contributed by atoms with E-state index in [4.69, 9.17) is 4.74 Å². The summed E-state index contributed by atoms with van der Waals surface area (Å²) in [5, 5.41) is 2.92. The SMILES string of the molecule is CCOC(=O)N1CCN(c2nc(C)cc(C(=O)NCc3cccc(C)c3)n2)CC1. The average Bonchev–Trinajstić information content (AvgIpc) is 2.72. The Morgan fingerprint density at radius 3 is 2.55 bits per heavy atom. The van der Waals surface area contributed by atoms with Gasteiger partial charge in [0.1, 0.15) is 5.69 Å². The molecule has 2 amide bonds. The second kappa shape index (κ2) is 9.36. The molecule has 1 aliphatic heterocycles. The van der Waals surface area contributed by atoms with Crippen molar-refractivity contribution in [3.8, 4) is 0 Å². The molecule has 1 saturated heterocycles. The van der Waals surface area contributed by atoms with Gasteiger partial charge in [-0.1, -0.05) is 29.8 Å². The van der Waals surface area contributed by atoms with Crippen LogP contribution in [0.2, 0.25) is 0 Å². The number of aryl methyl sites for hydroxylation is 2. The fourth-order valence-corrected chi connectivity index (χ4v) is 3.21. The summed E-state index contributed by atoms with van der Waals surface area (Å²) in [7, 11) is 0. The summed E-state index contributed by atoms with van der Waals surface area (Å²) in [6.45, 7) is 8.71. The zero-order chi connectivity index (χ0) is 20.8. The average molecular weight is 397 g/mol. The van der Waals surface area contributed by atoms with Gasteiger partial charge in [-0.15, -0.1) is 0 Å². The molecule has 1 fully saturated rings. The highest BCUT2D eigenvalue weighted by molar-refractivity contribution is 5.92. The van der Waals surface area contributed by atoms with E-state index in [0.717, 1.165) is 16.8 Å². The van der Waals surface area contributed by atoms with Crippen molar-refractivity contribution in [1.82, 2.24) is 20.2 Å². The normalized spacial score (nSPS) is 13.9. The van der Waals surface area contributed by atoms with Crippen molar-refractivity contribution < 1.29 is 14.3 Å². The topological polar surface area (TPSA) is 87.7 Å². The minimum Gasteiger partial charge on any atom is -0.450 e. The molecule has 0 radical (unpaired) electrons. The summed E-state index contributed by atoms with van der Waals surface area (Å²) < 4.78 is 5.05. The molecule has 1 aliphatic rings. The zero-order valence-corrected chi connectivity index (χ0v) is 17.1. The van der Waals surface area contributed by atoms with Crippen molar-refractivity contribution in [2.24, 2.45) is 0 Å². The summed E-state index contributed by atoms with van der Waals surface area (Å²) in [5.74, 6) is 0.276. The van der Waals surface area contributed by atoms with Gasteiger partial charge in [0.05, 0.1) is 6.61 Å². The Kier molecular flexibility index (Phi) is 6.64. The Morgan fingerprint density at radius 2 is 1.86 bits per heavy atom. The highest BCUT2D eigenvalue weighted by Gasteiger charge is 2.24. The van der Waals surface area contributed by atoms with Crippen LogP contribution in [0.4, 0.5) is 10.7 Å². The van der Waals surface area contributed by atoms with Gasteiger partial charge in [-0.25, -0.2) is 14.8 Å². The Labute approximate surface area is 170 Å². The second-order valence-corrected chi connectivity index (χ2v) is 7.04. The molecule has 2 aromatic rings. The number of hydrogen-bond acceptors (Lipinski definition) is 6. The third-order valence-corrected chi connectivity index (χ3v) is 4.70. The van der Waals surface area contributed by atoms with Crippen LogP contribution in [0.25, 0.3) is 0 Å². The van der Waals surface area contributed by atoms with Crippen LogP contribution in [-0.4, -0.2) is 59.7 Å². The number of piperazine rings is 1. The molecule has 0 aliphatic carbocycles. The fourth-order valence-electron chi connectivity index (χ4n) is 3.21. The number of rotatable bonds is 5. The van der Waals surface area contributed by atoms with Crippen molar-refractivity contribution in [2.75, 3.05) is 37.7 Å². The number of amides is 2. The molecular formula is C21H27N5O3. The maximum Gasteiger partial charge on any atom is 0.409 e. The number of anilines is 1. The number of benzene rings is 1. The van der Waals surface area contributed by atoms with E-state index in [2.05, 4.69) is 15.3 Å². The molecule has 1 aromatic carbocycles. The van der Waals surface area contributed by atoms with E-state index in [1.54, 1.807) is 17.9 Å². The first-order valence-corrected chi connectivity index (χ1v) is 9.82. The number of aromatic nitrogens is 2. The molecule has 0 spiro atoms. The zero-order valence-electron chi connectivity index (χ0n) is 17.1. The first-order chi connectivity index (χ1) is 14.0. The summed E-state index contributed by atoms with van der Waals surface area (Å²) in [4.78, 5) is 37.1. The third-order valence-electron chi connectivity index (χ3n) is 4.70. The molecule has 1 aromatic heterocycles. The molecular weight excluding hydrogens is 370 g/mol. The lowest BCUT2D eigenvalue weighted by atomic mass is 10.1. The van der Waals surface area contributed by atoms with Crippen LogP contribution in [0, 0.1) is 13.8 Å². The number of nitrogens with one attached hydrogen (secondary N) is 1. The van der Waals surface area contributed by atoms with E-state index in [-0.39, 0.29) is 12.0 Å². The maximum atomic E-state index is 12.6. The molecule has 0 saturated carbocycles. The minimum atomic E-state index is -0.298. The highest BCUT2D eigenvalue weighted by atomic mass is 16.6. The predicted octanol–water partition coefficient (Wildman–Crippen LogP) is 2.30. The van der Waals surface area contributed by atoms with Gasteiger partial charge < -0.3 is 19.9 Å². The van der Waals surface area contributed by atoms with Crippen LogP contribution in [0.1, 0.15) is 34.2 Å². The standard InChI is InChI=1S/C21H27N5O3/c1-4-29-21(28)26-10-8-25(9-11-26)20-23-16(3)13-18(24-20)19(27)22-14-17-7-5-6-15(2)12-17/h5-7,12-13H,4,8-11,14H2,1-3H3,(H,22,27). The van der Waals surface area contributed by atoms with E-state index in [1.807, 2.05) is 43.0 Å². The third kappa shape index (κ3) is 5.43. The van der Waals surface area contributed by atoms with E-state index in [0.29, 0.717) is 51.0 Å². The molecule has 1 N–H and O–H groups in total. The number of ether oxygens (including phenoxy) is 1. The summed E-state index contributed by atoms with van der Waals surface area (Å²) in [6, 6.07) is 9.70. The van der Waals surface area contributed by atoms with Gasteiger partial charge in [0.25, 0.3) is 5.91 Å². The summed E-state index contributed by atoms with van der Waals surface area (Å²) in [5.41, 5.74) is 3.26. The van der Waals surface area contributed by atoms with Crippen LogP contribution in [0.3, 0.4) is 0 Å². The summed E-state index contributed by atoms with van der Waals surface area (Å²) >= 11 is 0. The number of carbonyl (C=O) groups excluding carboxylic acids is 2. The Bertz CT molecular complexity index is 878. The highest BCUT2D eigenvalue weighted by Crippen LogP contribution is 2.14. The van der Waals surface area contributed by atoms with E-state index in [1.165, 1.54) is 0 Å². The van der Waals surface area contributed by atoms with Crippen molar-refractivity contribution in [2.45, 2.75) is 27.3 Å². The molecule has 2 heterocycles. The van der Waals surface area contributed by atoms with E-state index < -0.39 is 0 Å². The van der Waals surface area contributed by atoms with Gasteiger partial charge in [0.15, 0.2) is 0 Å². The van der Waals surface area contributed by atoms with Gasteiger partial charge in [-0.2, -0.15) is 0 Å². The van der Waals surface area contributed by atoms with Crippen LogP contribution in [-0.2, 0) is 11.3 Å². The molecule has 8 nitrogen and oxygen atoms in total. The Hall–Kier alpha value is -3.16. The van der Waals surface area contributed by atoms with Gasteiger partial charge in [0, 0.05) is 38.4 Å². The molecule has 0 atom stereocenters. The second-order valence-electron chi connectivity index (χ2n) is 7.04. The molecule has 29 heavy (non-hydrogen) atoms. The Balaban J connectivity index is 1.63. The lowest BCUT2D eigenvalue weighted by Gasteiger charge is -2.34. The molecule has 3 rings (SSSR count). The van der Waals surface area contributed by atoms with Crippen LogP contribution < -0.4 is 10.2 Å². The van der Waals surface area contributed by atoms with Crippen LogP contribution in [0.15, 0.2) is 30.3 Å². The van der Waals surface area contributed by atoms with Gasteiger partial charge in [-0.3, -0.25) is 4.79 Å². The van der Waals surface area contributed by atoms with Crippen molar-refractivity contribution in [1.29, 1.82) is 0 Å². The largest absolute Gasteiger partial charge is 0.450 e. The van der Waals surface area contributed by atoms with Crippen LogP contribution >= 0.6 is 0 Å². The smallest absolute Gasteiger partial charge is 0.409 e. The maximum absolute atomic E-state index is 12.6. The van der Waals surface area contributed by atoms with Gasteiger partial charge >= 0.3 is 6.09 Å². The number of carbonyl (C=O) groups is 2. The van der Waals surface area contributed by atoms with Gasteiger partial charge in [-0.05, 0) is 32.4 Å². The number of nitrogens with zero attached hydrogens (tertiary/aromatic N) is 4. The summed E-state index contributed by atoms with van der Waals surface area (Å²) in [6.07, 6.45) is -0.298. The van der Waals surface area contributed by atoms with Crippen molar-refractivity contribution in [3.05, 3.63) is 52.8 Å². The molecule has 0 bridgehead atoms. The predicted molar refractivity (Wildman–Crippen MR) is 110 cm³/mol. The van der Waals surface area contributed by atoms with E-state index in [9.17, 15) is 9.59 Å². The number of hydrogen-bond donors (Lipinski definition) is 1. The molecule has 154 valence electrons. The van der Waals surface area contributed by atoms with Gasteiger partial charge in [0.2, 0.25) is 5.95 Å². The fraction of sp³-hybridized carbons (Fsp3) is 0.429. The molecule has 0 unspecified atom stereocenters. The molecule has 8 heteroatoms.